The van der Waals surface area contributed by atoms with E-state index in [4.69, 9.17) is 9.47 Å². The summed E-state index contributed by atoms with van der Waals surface area (Å²) in [5.74, 6) is 2.44. The maximum atomic E-state index is 5.42. The van der Waals surface area contributed by atoms with Gasteiger partial charge in [0.15, 0.2) is 17.5 Å². The lowest BCUT2D eigenvalue weighted by atomic mass is 10.2. The predicted octanol–water partition coefficient (Wildman–Crippen LogP) is 2.40. The van der Waals surface area contributed by atoms with E-state index in [0.717, 1.165) is 34.0 Å². The average Bonchev–Trinajstić information content (AvgIpc) is 3.11. The van der Waals surface area contributed by atoms with Crippen LogP contribution in [0, 0.1) is 0 Å². The van der Waals surface area contributed by atoms with Crippen molar-refractivity contribution in [3.63, 3.8) is 0 Å². The second-order valence-corrected chi connectivity index (χ2v) is 5.78. The van der Waals surface area contributed by atoms with Crippen molar-refractivity contribution in [1.29, 1.82) is 0 Å². The zero-order valence-corrected chi connectivity index (χ0v) is 13.0. The largest absolute Gasteiger partial charge is 0.454 e. The normalized spacial score (nSPS) is 17.2. The number of nitrogens with one attached hydrogen (secondary N) is 2. The van der Waals surface area contributed by atoms with E-state index in [9.17, 15) is 0 Å². The van der Waals surface area contributed by atoms with Crippen molar-refractivity contribution in [2.24, 2.45) is 4.99 Å². The smallest absolute Gasteiger partial charge is 0.231 e. The minimum atomic E-state index is 0.284. The molecule has 1 aliphatic carbocycles. The molecule has 2 N–H and O–H groups in total. The van der Waals surface area contributed by atoms with Gasteiger partial charge in [0.2, 0.25) is 6.79 Å². The van der Waals surface area contributed by atoms with Gasteiger partial charge in [0, 0.05) is 12.6 Å². The molecule has 0 saturated heterocycles. The van der Waals surface area contributed by atoms with Crippen LogP contribution in [0.15, 0.2) is 21.6 Å². The maximum Gasteiger partial charge on any atom is 0.231 e. The standard InChI is InChI=1S/C14H18BrN3O2/c1-2-16-14(18-10-3-4-10)17-7-9-5-11(15)13-12(6-9)19-8-20-13/h5-6,10H,2-4,7-8H2,1H3,(H2,16,17,18). The quantitative estimate of drug-likeness (QED) is 0.653. The van der Waals surface area contributed by atoms with Gasteiger partial charge in [0.1, 0.15) is 0 Å². The zero-order valence-electron chi connectivity index (χ0n) is 11.4. The lowest BCUT2D eigenvalue weighted by Gasteiger charge is -2.10. The summed E-state index contributed by atoms with van der Waals surface area (Å²) in [4.78, 5) is 4.61. The molecule has 0 unspecified atom stereocenters. The number of hydrogen-bond donors (Lipinski definition) is 2. The molecule has 0 radical (unpaired) electrons. The third-order valence-electron chi connectivity index (χ3n) is 3.17. The first-order chi connectivity index (χ1) is 9.76. The highest BCUT2D eigenvalue weighted by Crippen LogP contribution is 2.40. The van der Waals surface area contributed by atoms with Gasteiger partial charge in [0.05, 0.1) is 11.0 Å². The van der Waals surface area contributed by atoms with Gasteiger partial charge in [-0.2, -0.15) is 0 Å². The molecular weight excluding hydrogens is 322 g/mol. The molecule has 0 aromatic heterocycles. The highest BCUT2D eigenvalue weighted by atomic mass is 79.9. The molecule has 0 amide bonds. The van der Waals surface area contributed by atoms with Crippen LogP contribution in [0.2, 0.25) is 0 Å². The molecule has 1 aromatic carbocycles. The minimum absolute atomic E-state index is 0.284. The van der Waals surface area contributed by atoms with E-state index in [1.165, 1.54) is 12.8 Å². The lowest BCUT2D eigenvalue weighted by Crippen LogP contribution is -2.38. The summed E-state index contributed by atoms with van der Waals surface area (Å²) < 4.78 is 11.7. The van der Waals surface area contributed by atoms with Crippen molar-refractivity contribution in [2.45, 2.75) is 32.4 Å². The molecule has 20 heavy (non-hydrogen) atoms. The van der Waals surface area contributed by atoms with Gasteiger partial charge in [-0.15, -0.1) is 0 Å². The number of rotatable bonds is 4. The Kier molecular flexibility index (Phi) is 4.00. The Bertz CT molecular complexity index is 529. The van der Waals surface area contributed by atoms with Crippen LogP contribution in [0.1, 0.15) is 25.3 Å². The van der Waals surface area contributed by atoms with Crippen LogP contribution >= 0.6 is 15.9 Å². The van der Waals surface area contributed by atoms with Gasteiger partial charge >= 0.3 is 0 Å². The third kappa shape index (κ3) is 3.17. The van der Waals surface area contributed by atoms with E-state index in [2.05, 4.69) is 38.5 Å². The van der Waals surface area contributed by atoms with E-state index in [0.29, 0.717) is 12.6 Å². The first kappa shape index (κ1) is 13.5. The molecule has 6 heteroatoms. The molecular formula is C14H18BrN3O2. The van der Waals surface area contributed by atoms with Crippen molar-refractivity contribution < 1.29 is 9.47 Å². The third-order valence-corrected chi connectivity index (χ3v) is 3.76. The number of aliphatic imine (C=N–C) groups is 1. The lowest BCUT2D eigenvalue weighted by molar-refractivity contribution is 0.173. The van der Waals surface area contributed by atoms with E-state index in [-0.39, 0.29) is 6.79 Å². The fraction of sp³-hybridized carbons (Fsp3) is 0.500. The first-order valence-corrected chi connectivity index (χ1v) is 7.68. The van der Waals surface area contributed by atoms with Crippen LogP contribution < -0.4 is 20.1 Å². The summed E-state index contributed by atoms with van der Waals surface area (Å²) in [5, 5.41) is 6.66. The van der Waals surface area contributed by atoms with Gasteiger partial charge in [0.25, 0.3) is 0 Å². The van der Waals surface area contributed by atoms with Crippen LogP contribution in [0.25, 0.3) is 0 Å². The Balaban J connectivity index is 1.71. The van der Waals surface area contributed by atoms with Crippen molar-refractivity contribution in [3.8, 4) is 11.5 Å². The van der Waals surface area contributed by atoms with Crippen molar-refractivity contribution in [3.05, 3.63) is 22.2 Å². The van der Waals surface area contributed by atoms with Crippen LogP contribution in [0.3, 0.4) is 0 Å². The zero-order chi connectivity index (χ0) is 13.9. The molecule has 0 spiro atoms. The summed E-state index contributed by atoms with van der Waals surface area (Å²) in [5.41, 5.74) is 1.09. The molecule has 2 aliphatic rings. The van der Waals surface area contributed by atoms with Crippen molar-refractivity contribution >= 4 is 21.9 Å². The Labute approximate surface area is 126 Å². The Morgan fingerprint density at radius 3 is 3.00 bits per heavy atom. The second-order valence-electron chi connectivity index (χ2n) is 4.93. The van der Waals surface area contributed by atoms with Gasteiger partial charge < -0.3 is 20.1 Å². The fourth-order valence-corrected chi connectivity index (χ4v) is 2.63. The second kappa shape index (κ2) is 5.91. The molecule has 1 fully saturated rings. The number of nitrogens with zero attached hydrogens (tertiary/aromatic N) is 1. The molecule has 108 valence electrons. The Morgan fingerprint density at radius 1 is 1.40 bits per heavy atom. The topological polar surface area (TPSA) is 54.9 Å². The molecule has 1 aliphatic heterocycles. The summed E-state index contributed by atoms with van der Waals surface area (Å²) in [6.07, 6.45) is 2.47. The maximum absolute atomic E-state index is 5.42. The van der Waals surface area contributed by atoms with E-state index < -0.39 is 0 Å². The molecule has 3 rings (SSSR count). The number of ether oxygens (including phenoxy) is 2. The highest BCUT2D eigenvalue weighted by Gasteiger charge is 2.22. The van der Waals surface area contributed by atoms with Gasteiger partial charge in [-0.1, -0.05) is 0 Å². The number of guanidine groups is 1. The number of fused-ring (bicyclic) bond motifs is 1. The van der Waals surface area contributed by atoms with Gasteiger partial charge in [-0.05, 0) is 53.4 Å². The molecule has 5 nitrogen and oxygen atoms in total. The average molecular weight is 340 g/mol. The molecule has 1 aromatic rings. The molecule has 1 heterocycles. The van der Waals surface area contributed by atoms with Crippen LogP contribution in [-0.4, -0.2) is 25.3 Å². The van der Waals surface area contributed by atoms with Crippen LogP contribution in [0.5, 0.6) is 11.5 Å². The number of halogens is 1. The molecule has 1 saturated carbocycles. The fourth-order valence-electron chi connectivity index (χ4n) is 2.02. The van der Waals surface area contributed by atoms with Crippen LogP contribution in [0.4, 0.5) is 0 Å². The van der Waals surface area contributed by atoms with Crippen molar-refractivity contribution in [1.82, 2.24) is 10.6 Å². The summed E-state index contributed by atoms with van der Waals surface area (Å²) >= 11 is 3.50. The molecule has 0 atom stereocenters. The van der Waals surface area contributed by atoms with E-state index >= 15 is 0 Å². The summed E-state index contributed by atoms with van der Waals surface area (Å²) in [7, 11) is 0. The highest BCUT2D eigenvalue weighted by molar-refractivity contribution is 9.10. The summed E-state index contributed by atoms with van der Waals surface area (Å²) in [6.45, 7) is 3.83. The van der Waals surface area contributed by atoms with Crippen molar-refractivity contribution in [2.75, 3.05) is 13.3 Å². The Morgan fingerprint density at radius 2 is 2.25 bits per heavy atom. The van der Waals surface area contributed by atoms with E-state index in [1.54, 1.807) is 0 Å². The first-order valence-electron chi connectivity index (χ1n) is 6.89. The Hall–Kier alpha value is -1.43. The number of benzene rings is 1. The predicted molar refractivity (Wildman–Crippen MR) is 81.2 cm³/mol. The number of hydrogen-bond acceptors (Lipinski definition) is 3. The summed E-state index contributed by atoms with van der Waals surface area (Å²) in [6, 6.07) is 4.60. The van der Waals surface area contributed by atoms with E-state index in [1.807, 2.05) is 12.1 Å². The van der Waals surface area contributed by atoms with Gasteiger partial charge in [-0.3, -0.25) is 0 Å². The van der Waals surface area contributed by atoms with Gasteiger partial charge in [-0.25, -0.2) is 4.99 Å². The van der Waals surface area contributed by atoms with Crippen LogP contribution in [-0.2, 0) is 6.54 Å². The molecule has 0 bridgehead atoms. The minimum Gasteiger partial charge on any atom is -0.454 e. The SMILES string of the molecule is CCNC(=NCc1cc(Br)c2c(c1)OCO2)NC1CC1. The monoisotopic (exact) mass is 339 g/mol.